The fourth-order valence-corrected chi connectivity index (χ4v) is 5.37. The van der Waals surface area contributed by atoms with Crippen molar-refractivity contribution < 1.29 is 15.0 Å². The van der Waals surface area contributed by atoms with Crippen molar-refractivity contribution in [2.45, 2.75) is 27.5 Å². The molecule has 7 heteroatoms. The molecule has 5 nitrogen and oxygen atoms in total. The van der Waals surface area contributed by atoms with E-state index < -0.39 is 0 Å². The van der Waals surface area contributed by atoms with Gasteiger partial charge in [-0.25, -0.2) is 0 Å². The molecule has 3 rings (SSSR count). The van der Waals surface area contributed by atoms with Crippen LogP contribution in [0, 0.1) is 0 Å². The van der Waals surface area contributed by atoms with Crippen LogP contribution in [0.25, 0.3) is 0 Å². The van der Waals surface area contributed by atoms with Crippen LogP contribution in [0.4, 0.5) is 0 Å². The molecule has 2 aromatic carbocycles. The lowest BCUT2D eigenvalue weighted by molar-refractivity contribution is -0.119. The highest BCUT2D eigenvalue weighted by atomic mass is 32.2. The maximum atomic E-state index is 11.4. The van der Waals surface area contributed by atoms with E-state index in [-0.39, 0.29) is 30.0 Å². The summed E-state index contributed by atoms with van der Waals surface area (Å²) in [5.74, 6) is 1.08. The summed E-state index contributed by atoms with van der Waals surface area (Å²) in [6.45, 7) is 1.09. The molecular formula is C19H22N2O3S2. The molecule has 1 amide bonds. The number of hydrogen-bond acceptors (Lipinski definition) is 6. The summed E-state index contributed by atoms with van der Waals surface area (Å²) in [5.41, 5.74) is 5.42. The number of primary amides is 1. The predicted octanol–water partition coefficient (Wildman–Crippen LogP) is 2.91. The van der Waals surface area contributed by atoms with Crippen LogP contribution in [0.5, 0.6) is 11.5 Å². The SMILES string of the molecule is NC(=O)CN1C[C@@H](Sc2ccc(O)cc2)C[C@@H]1CSc1ccc(O)cc1. The second-order valence-corrected chi connectivity index (χ2v) is 8.79. The number of carbonyl (C=O) groups excluding carboxylic acids is 1. The maximum absolute atomic E-state index is 11.4. The predicted molar refractivity (Wildman–Crippen MR) is 106 cm³/mol. The first-order chi connectivity index (χ1) is 12.5. The summed E-state index contributed by atoms with van der Waals surface area (Å²) < 4.78 is 0. The minimum Gasteiger partial charge on any atom is -0.508 e. The van der Waals surface area contributed by atoms with Crippen LogP contribution in [0.2, 0.25) is 0 Å². The molecule has 0 unspecified atom stereocenters. The number of carbonyl (C=O) groups is 1. The number of likely N-dealkylation sites (tertiary alicyclic amines) is 1. The molecule has 0 aromatic heterocycles. The molecule has 0 spiro atoms. The number of aromatic hydroxyl groups is 2. The van der Waals surface area contributed by atoms with E-state index in [9.17, 15) is 15.0 Å². The summed E-state index contributed by atoms with van der Waals surface area (Å²) in [7, 11) is 0. The summed E-state index contributed by atoms with van der Waals surface area (Å²) in [6, 6.07) is 14.6. The first-order valence-electron chi connectivity index (χ1n) is 8.39. The first kappa shape index (κ1) is 18.9. The molecule has 1 fully saturated rings. The van der Waals surface area contributed by atoms with E-state index in [0.29, 0.717) is 5.25 Å². The minimum absolute atomic E-state index is 0.260. The summed E-state index contributed by atoms with van der Waals surface area (Å²) in [5, 5.41) is 19.2. The Bertz CT molecular complexity index is 737. The highest BCUT2D eigenvalue weighted by Gasteiger charge is 2.33. The number of rotatable bonds is 7. The van der Waals surface area contributed by atoms with Crippen molar-refractivity contribution in [3.8, 4) is 11.5 Å². The van der Waals surface area contributed by atoms with Crippen LogP contribution < -0.4 is 5.73 Å². The molecule has 1 aliphatic rings. The van der Waals surface area contributed by atoms with Crippen LogP contribution in [0.15, 0.2) is 58.3 Å². The standard InChI is InChI=1S/C19H22N2O3S2/c20-19(24)11-21-10-18(26-17-7-3-15(23)4-8-17)9-13(21)12-25-16-5-1-14(22)2-6-16/h1-8,13,18,22-23H,9-12H2,(H2,20,24)/t13-,18+/m1/s1. The van der Waals surface area contributed by atoms with E-state index in [2.05, 4.69) is 4.90 Å². The summed E-state index contributed by atoms with van der Waals surface area (Å²) in [4.78, 5) is 15.8. The van der Waals surface area contributed by atoms with Gasteiger partial charge in [0.15, 0.2) is 0 Å². The Kier molecular flexibility index (Phi) is 6.34. The molecule has 1 heterocycles. The average molecular weight is 391 g/mol. The van der Waals surface area contributed by atoms with Gasteiger partial charge in [-0.1, -0.05) is 0 Å². The van der Waals surface area contributed by atoms with Gasteiger partial charge in [-0.3, -0.25) is 9.69 Å². The second-order valence-electron chi connectivity index (χ2n) is 6.32. The van der Waals surface area contributed by atoms with Gasteiger partial charge in [0, 0.05) is 33.4 Å². The molecule has 4 N–H and O–H groups in total. The zero-order valence-corrected chi connectivity index (χ0v) is 15.9. The number of amides is 1. The van der Waals surface area contributed by atoms with Crippen LogP contribution in [-0.2, 0) is 4.79 Å². The van der Waals surface area contributed by atoms with Crippen LogP contribution in [0.3, 0.4) is 0 Å². The van der Waals surface area contributed by atoms with Gasteiger partial charge in [0.25, 0.3) is 0 Å². The lowest BCUT2D eigenvalue weighted by Gasteiger charge is -2.22. The lowest BCUT2D eigenvalue weighted by Crippen LogP contribution is -2.38. The Balaban J connectivity index is 1.61. The van der Waals surface area contributed by atoms with E-state index in [1.54, 1.807) is 47.8 Å². The van der Waals surface area contributed by atoms with Crippen molar-refractivity contribution in [2.24, 2.45) is 5.73 Å². The third-order valence-electron chi connectivity index (χ3n) is 4.27. The first-order valence-corrected chi connectivity index (χ1v) is 10.3. The molecule has 26 heavy (non-hydrogen) atoms. The Hall–Kier alpha value is -1.83. The van der Waals surface area contributed by atoms with Crippen LogP contribution in [-0.4, -0.2) is 51.2 Å². The van der Waals surface area contributed by atoms with Gasteiger partial charge in [-0.15, -0.1) is 23.5 Å². The summed E-state index contributed by atoms with van der Waals surface area (Å²) >= 11 is 3.49. The van der Waals surface area contributed by atoms with Crippen molar-refractivity contribution in [2.75, 3.05) is 18.8 Å². The molecule has 2 atom stereocenters. The third kappa shape index (κ3) is 5.33. The Morgan fingerprint density at radius 3 is 2.19 bits per heavy atom. The second kappa shape index (κ2) is 8.70. The zero-order valence-electron chi connectivity index (χ0n) is 14.2. The molecule has 1 saturated heterocycles. The van der Waals surface area contributed by atoms with E-state index in [1.165, 1.54) is 0 Å². The smallest absolute Gasteiger partial charge is 0.231 e. The quantitative estimate of drug-likeness (QED) is 0.630. The van der Waals surface area contributed by atoms with Gasteiger partial charge >= 0.3 is 0 Å². The van der Waals surface area contributed by atoms with Crippen molar-refractivity contribution in [1.29, 1.82) is 0 Å². The van der Waals surface area contributed by atoms with E-state index >= 15 is 0 Å². The Labute approximate surface area is 161 Å². The lowest BCUT2D eigenvalue weighted by atomic mass is 10.2. The van der Waals surface area contributed by atoms with Gasteiger partial charge in [-0.05, 0) is 55.0 Å². The number of thioether (sulfide) groups is 2. The Morgan fingerprint density at radius 2 is 1.62 bits per heavy atom. The molecule has 138 valence electrons. The van der Waals surface area contributed by atoms with Crippen LogP contribution in [0.1, 0.15) is 6.42 Å². The van der Waals surface area contributed by atoms with Crippen molar-refractivity contribution >= 4 is 29.4 Å². The van der Waals surface area contributed by atoms with E-state index in [1.807, 2.05) is 24.3 Å². The van der Waals surface area contributed by atoms with Crippen LogP contribution >= 0.6 is 23.5 Å². The molecule has 2 aromatic rings. The average Bonchev–Trinajstić information content (AvgIpc) is 2.97. The number of hydrogen-bond donors (Lipinski definition) is 3. The topological polar surface area (TPSA) is 86.8 Å². The highest BCUT2D eigenvalue weighted by molar-refractivity contribution is 8.00. The molecule has 0 bridgehead atoms. The fourth-order valence-electron chi connectivity index (χ4n) is 3.04. The highest BCUT2D eigenvalue weighted by Crippen LogP contribution is 2.35. The van der Waals surface area contributed by atoms with E-state index in [0.717, 1.165) is 28.5 Å². The third-order valence-corrected chi connectivity index (χ3v) is 6.64. The zero-order chi connectivity index (χ0) is 18.5. The van der Waals surface area contributed by atoms with Crippen molar-refractivity contribution in [3.05, 3.63) is 48.5 Å². The van der Waals surface area contributed by atoms with Gasteiger partial charge in [0.1, 0.15) is 11.5 Å². The number of phenols is 2. The molecule has 0 saturated carbocycles. The molecule has 0 radical (unpaired) electrons. The molecular weight excluding hydrogens is 368 g/mol. The monoisotopic (exact) mass is 390 g/mol. The number of nitrogens with two attached hydrogens (primary N) is 1. The van der Waals surface area contributed by atoms with E-state index in [4.69, 9.17) is 5.73 Å². The van der Waals surface area contributed by atoms with Gasteiger partial charge < -0.3 is 15.9 Å². The number of phenolic OH excluding ortho intramolecular Hbond substituents is 2. The molecule has 0 aliphatic carbocycles. The number of benzene rings is 2. The van der Waals surface area contributed by atoms with Gasteiger partial charge in [0.05, 0.1) is 6.54 Å². The Morgan fingerprint density at radius 1 is 1.04 bits per heavy atom. The maximum Gasteiger partial charge on any atom is 0.231 e. The minimum atomic E-state index is -0.306. The fraction of sp³-hybridized carbons (Fsp3) is 0.316. The van der Waals surface area contributed by atoms with Crippen molar-refractivity contribution in [3.63, 3.8) is 0 Å². The number of nitrogens with zero attached hydrogens (tertiary/aromatic N) is 1. The van der Waals surface area contributed by atoms with Gasteiger partial charge in [0.2, 0.25) is 5.91 Å². The normalized spacial score (nSPS) is 20.3. The summed E-state index contributed by atoms with van der Waals surface area (Å²) in [6.07, 6.45) is 0.976. The largest absolute Gasteiger partial charge is 0.508 e. The van der Waals surface area contributed by atoms with Crippen molar-refractivity contribution in [1.82, 2.24) is 4.90 Å². The molecule has 1 aliphatic heterocycles. The van der Waals surface area contributed by atoms with Gasteiger partial charge in [-0.2, -0.15) is 0 Å².